The van der Waals surface area contributed by atoms with E-state index in [4.69, 9.17) is 0 Å². The van der Waals surface area contributed by atoms with Crippen LogP contribution in [0.3, 0.4) is 0 Å². The lowest BCUT2D eigenvalue weighted by atomic mass is 9.77. The average molecular weight is 402 g/mol. The molecule has 1 aromatic carbocycles. The summed E-state index contributed by atoms with van der Waals surface area (Å²) in [6.07, 6.45) is 2.13. The van der Waals surface area contributed by atoms with Crippen LogP contribution in [0.15, 0.2) is 22.7 Å². The summed E-state index contributed by atoms with van der Waals surface area (Å²) in [4.78, 5) is 15.1. The van der Waals surface area contributed by atoms with Crippen LogP contribution in [-0.4, -0.2) is 25.5 Å². The van der Waals surface area contributed by atoms with Gasteiger partial charge < -0.3 is 10.2 Å². The lowest BCUT2D eigenvalue weighted by molar-refractivity contribution is -0.124. The highest BCUT2D eigenvalue weighted by atomic mass is 79.9. The molecule has 2 aliphatic rings. The van der Waals surface area contributed by atoms with E-state index < -0.39 is 0 Å². The summed E-state index contributed by atoms with van der Waals surface area (Å²) in [6.45, 7) is 9.34. The quantitative estimate of drug-likeness (QED) is 0.822. The van der Waals surface area contributed by atoms with Gasteiger partial charge in [0.15, 0.2) is 0 Å². The average Bonchev–Trinajstić information content (AvgIpc) is 2.79. The first-order valence-corrected chi connectivity index (χ1v) is 9.14. The zero-order valence-corrected chi connectivity index (χ0v) is 16.5. The normalized spacial score (nSPS) is 20.4. The molecule has 1 unspecified atom stereocenters. The molecule has 1 aromatic rings. The monoisotopic (exact) mass is 400 g/mol. The molecule has 0 spiro atoms. The third kappa shape index (κ3) is 3.06. The highest BCUT2D eigenvalue weighted by molar-refractivity contribution is 9.10. The van der Waals surface area contributed by atoms with Crippen LogP contribution in [0.1, 0.15) is 39.2 Å². The Morgan fingerprint density at radius 1 is 1.39 bits per heavy atom. The first kappa shape index (κ1) is 18.8. The molecule has 3 rings (SSSR count). The maximum absolute atomic E-state index is 13.0. The Bertz CT molecular complexity index is 584. The molecule has 1 N–H and O–H groups in total. The lowest BCUT2D eigenvalue weighted by Crippen LogP contribution is -2.51. The van der Waals surface area contributed by atoms with Crippen molar-refractivity contribution in [3.05, 3.63) is 28.2 Å². The summed E-state index contributed by atoms with van der Waals surface area (Å²) in [7, 11) is 0. The van der Waals surface area contributed by atoms with Gasteiger partial charge in [0.25, 0.3) is 0 Å². The van der Waals surface area contributed by atoms with Crippen LogP contribution in [0.2, 0.25) is 0 Å². The Hall–Kier alpha value is -0.580. The van der Waals surface area contributed by atoms with Crippen molar-refractivity contribution >= 4 is 39.9 Å². The molecule has 1 fully saturated rings. The van der Waals surface area contributed by atoms with Crippen LogP contribution in [0.5, 0.6) is 0 Å². The number of rotatable bonds is 4. The van der Waals surface area contributed by atoms with Crippen molar-refractivity contribution in [1.29, 1.82) is 0 Å². The molecule has 128 valence electrons. The summed E-state index contributed by atoms with van der Waals surface area (Å²) < 4.78 is 1.10. The number of carbonyl (C=O) groups excluding carboxylic acids is 1. The van der Waals surface area contributed by atoms with Gasteiger partial charge in [-0.3, -0.25) is 4.79 Å². The predicted molar refractivity (Wildman–Crippen MR) is 102 cm³/mol. The fraction of sp³-hybridized carbons (Fsp3) is 0.611. The van der Waals surface area contributed by atoms with Gasteiger partial charge in [0.1, 0.15) is 0 Å². The fourth-order valence-electron chi connectivity index (χ4n) is 3.80. The van der Waals surface area contributed by atoms with Crippen LogP contribution < -0.4 is 10.2 Å². The zero-order chi connectivity index (χ0) is 15.9. The van der Waals surface area contributed by atoms with Gasteiger partial charge in [-0.05, 0) is 55.6 Å². The molecule has 2 heterocycles. The number of fused-ring (bicyclic) bond motifs is 1. The number of hydrogen-bond donors (Lipinski definition) is 1. The maximum Gasteiger partial charge on any atom is 0.230 e. The van der Waals surface area contributed by atoms with E-state index in [0.717, 1.165) is 42.6 Å². The van der Waals surface area contributed by atoms with Gasteiger partial charge in [0.05, 0.1) is 0 Å². The van der Waals surface area contributed by atoms with Crippen molar-refractivity contribution < 1.29 is 4.79 Å². The van der Waals surface area contributed by atoms with E-state index in [-0.39, 0.29) is 23.7 Å². The van der Waals surface area contributed by atoms with E-state index in [1.807, 2.05) is 0 Å². The van der Waals surface area contributed by atoms with Crippen molar-refractivity contribution in [3.63, 3.8) is 0 Å². The molecule has 0 saturated carbocycles. The number of hydrogen-bond acceptors (Lipinski definition) is 2. The Morgan fingerprint density at radius 3 is 2.57 bits per heavy atom. The molecular weight excluding hydrogens is 376 g/mol. The second kappa shape index (κ2) is 7.12. The van der Waals surface area contributed by atoms with Gasteiger partial charge in [-0.15, -0.1) is 12.4 Å². The van der Waals surface area contributed by atoms with Crippen molar-refractivity contribution in [1.82, 2.24) is 5.32 Å². The third-order valence-corrected chi connectivity index (χ3v) is 6.30. The first-order valence-electron chi connectivity index (χ1n) is 8.34. The highest BCUT2D eigenvalue weighted by Gasteiger charge is 2.44. The van der Waals surface area contributed by atoms with Crippen LogP contribution >= 0.6 is 28.3 Å². The molecule has 0 aromatic heterocycles. The summed E-state index contributed by atoms with van der Waals surface area (Å²) in [5.41, 5.74) is 2.56. The minimum atomic E-state index is 0. The largest absolute Gasteiger partial charge is 0.316 e. The summed E-state index contributed by atoms with van der Waals surface area (Å²) in [6, 6.07) is 6.37. The van der Waals surface area contributed by atoms with Crippen LogP contribution in [-0.2, 0) is 10.2 Å². The number of benzene rings is 1. The Morgan fingerprint density at radius 2 is 2.04 bits per heavy atom. The number of nitrogens with one attached hydrogen (secondary N) is 1. The SMILES string of the molecule is CCC1(CC)CN(C(=O)C(C)C2CNC2)c2ccc(Br)cc21.Cl. The Kier molecular flexibility index (Phi) is 5.81. The van der Waals surface area contributed by atoms with Crippen molar-refractivity contribution in [2.24, 2.45) is 11.8 Å². The topological polar surface area (TPSA) is 32.3 Å². The Balaban J connectivity index is 0.00000192. The molecule has 3 nitrogen and oxygen atoms in total. The minimum absolute atomic E-state index is 0. The molecule has 2 aliphatic heterocycles. The van der Waals surface area contributed by atoms with E-state index in [2.05, 4.69) is 65.1 Å². The van der Waals surface area contributed by atoms with Gasteiger partial charge >= 0.3 is 0 Å². The smallest absolute Gasteiger partial charge is 0.230 e. The molecule has 0 aliphatic carbocycles. The molecule has 23 heavy (non-hydrogen) atoms. The molecule has 0 bridgehead atoms. The molecule has 1 amide bonds. The molecular formula is C18H26BrClN2O. The van der Waals surface area contributed by atoms with Crippen LogP contribution in [0.25, 0.3) is 0 Å². The van der Waals surface area contributed by atoms with Crippen molar-refractivity contribution in [3.8, 4) is 0 Å². The summed E-state index contributed by atoms with van der Waals surface area (Å²) in [5.74, 6) is 0.880. The predicted octanol–water partition coefficient (Wildman–Crippen LogP) is 4.13. The van der Waals surface area contributed by atoms with E-state index in [9.17, 15) is 4.79 Å². The maximum atomic E-state index is 13.0. The van der Waals surface area contributed by atoms with E-state index in [0.29, 0.717) is 11.8 Å². The summed E-state index contributed by atoms with van der Waals surface area (Å²) >= 11 is 3.59. The van der Waals surface area contributed by atoms with Crippen molar-refractivity contribution in [2.75, 3.05) is 24.5 Å². The van der Waals surface area contributed by atoms with Gasteiger partial charge in [-0.25, -0.2) is 0 Å². The molecule has 5 heteroatoms. The first-order chi connectivity index (χ1) is 10.5. The minimum Gasteiger partial charge on any atom is -0.316 e. The second-order valence-corrected chi connectivity index (χ2v) is 7.70. The second-order valence-electron chi connectivity index (χ2n) is 6.78. The highest BCUT2D eigenvalue weighted by Crippen LogP contribution is 2.46. The standard InChI is InChI=1S/C18H25BrN2O.ClH/c1-4-18(5-2)11-21(16-7-6-14(19)8-15(16)18)17(22)12(3)13-9-20-10-13;/h6-8,12-13,20H,4-5,9-11H2,1-3H3;1H. The number of nitrogens with zero attached hydrogens (tertiary/aromatic N) is 1. The lowest BCUT2D eigenvalue weighted by Gasteiger charge is -2.35. The fourth-order valence-corrected chi connectivity index (χ4v) is 4.17. The molecule has 1 saturated heterocycles. The van der Waals surface area contributed by atoms with Gasteiger partial charge in [0.2, 0.25) is 5.91 Å². The van der Waals surface area contributed by atoms with E-state index in [1.165, 1.54) is 5.56 Å². The zero-order valence-electron chi connectivity index (χ0n) is 14.1. The van der Waals surface area contributed by atoms with Gasteiger partial charge in [0, 0.05) is 28.0 Å². The van der Waals surface area contributed by atoms with Gasteiger partial charge in [-0.1, -0.05) is 36.7 Å². The van der Waals surface area contributed by atoms with E-state index >= 15 is 0 Å². The molecule has 0 radical (unpaired) electrons. The third-order valence-electron chi connectivity index (χ3n) is 5.81. The number of anilines is 1. The number of amides is 1. The summed E-state index contributed by atoms with van der Waals surface area (Å²) in [5, 5.41) is 3.28. The van der Waals surface area contributed by atoms with Crippen molar-refractivity contribution in [2.45, 2.75) is 39.0 Å². The van der Waals surface area contributed by atoms with Crippen LogP contribution in [0, 0.1) is 11.8 Å². The van der Waals surface area contributed by atoms with E-state index in [1.54, 1.807) is 0 Å². The number of carbonyl (C=O) groups is 1. The Labute approximate surface area is 153 Å². The van der Waals surface area contributed by atoms with Gasteiger partial charge in [-0.2, -0.15) is 0 Å². The van der Waals surface area contributed by atoms with Crippen LogP contribution in [0.4, 0.5) is 5.69 Å². The molecule has 1 atom stereocenters. The number of halogens is 2.